The van der Waals surface area contributed by atoms with Crippen molar-refractivity contribution in [2.75, 3.05) is 0 Å². The topological polar surface area (TPSA) is 43.8 Å². The largest absolute Gasteiger partial charge is 0.331 e. The quantitative estimate of drug-likeness (QED) is 0.795. The smallest absolute Gasteiger partial charge is 0.111 e. The van der Waals surface area contributed by atoms with E-state index in [0.717, 1.165) is 29.7 Å². The molecule has 0 saturated heterocycles. The van der Waals surface area contributed by atoms with E-state index in [1.807, 2.05) is 18.2 Å². The first-order valence-corrected chi connectivity index (χ1v) is 7.44. The normalized spacial score (nSPS) is 12.7. The Hall–Kier alpha value is -2.13. The number of hydrogen-bond donors (Lipinski definition) is 1. The van der Waals surface area contributed by atoms with E-state index in [1.54, 1.807) is 0 Å². The summed E-state index contributed by atoms with van der Waals surface area (Å²) in [7, 11) is 2.06. The van der Waals surface area contributed by atoms with Gasteiger partial charge in [0.05, 0.1) is 11.0 Å². The second-order valence-corrected chi connectivity index (χ2v) is 5.44. The molecule has 2 N–H and O–H groups in total. The van der Waals surface area contributed by atoms with Gasteiger partial charge in [-0.1, -0.05) is 43.3 Å². The number of fused-ring (bicyclic) bond motifs is 1. The van der Waals surface area contributed by atoms with Crippen molar-refractivity contribution in [3.8, 4) is 0 Å². The molecule has 0 fully saturated rings. The molecule has 0 spiro atoms. The Morgan fingerprint density at radius 1 is 1.10 bits per heavy atom. The zero-order valence-corrected chi connectivity index (χ0v) is 12.6. The van der Waals surface area contributed by atoms with Crippen LogP contribution in [-0.4, -0.2) is 9.55 Å². The Morgan fingerprint density at radius 2 is 1.81 bits per heavy atom. The summed E-state index contributed by atoms with van der Waals surface area (Å²) >= 11 is 0. The summed E-state index contributed by atoms with van der Waals surface area (Å²) in [6, 6.07) is 16.6. The lowest BCUT2D eigenvalue weighted by molar-refractivity contribution is 0.659. The number of nitrogens with two attached hydrogens (primary N) is 1. The van der Waals surface area contributed by atoms with E-state index >= 15 is 0 Å². The van der Waals surface area contributed by atoms with E-state index in [9.17, 15) is 0 Å². The fourth-order valence-electron chi connectivity index (χ4n) is 2.90. The second-order valence-electron chi connectivity index (χ2n) is 5.44. The van der Waals surface area contributed by atoms with Crippen molar-refractivity contribution in [2.24, 2.45) is 12.8 Å². The van der Waals surface area contributed by atoms with Crippen LogP contribution >= 0.6 is 0 Å². The zero-order valence-electron chi connectivity index (χ0n) is 12.6. The van der Waals surface area contributed by atoms with E-state index in [0.29, 0.717) is 0 Å². The Balaban J connectivity index is 1.93. The predicted molar refractivity (Wildman–Crippen MR) is 87.2 cm³/mol. The number of rotatable bonds is 4. The van der Waals surface area contributed by atoms with Gasteiger partial charge in [0.2, 0.25) is 0 Å². The van der Waals surface area contributed by atoms with Gasteiger partial charge in [-0.2, -0.15) is 0 Å². The van der Waals surface area contributed by atoms with Gasteiger partial charge in [0.1, 0.15) is 5.82 Å². The molecule has 1 unspecified atom stereocenters. The van der Waals surface area contributed by atoms with Gasteiger partial charge in [-0.3, -0.25) is 0 Å². The van der Waals surface area contributed by atoms with Crippen molar-refractivity contribution in [1.82, 2.24) is 9.55 Å². The van der Waals surface area contributed by atoms with Gasteiger partial charge in [-0.15, -0.1) is 0 Å². The molecule has 3 heteroatoms. The van der Waals surface area contributed by atoms with Crippen LogP contribution in [0.4, 0.5) is 0 Å². The number of benzene rings is 2. The maximum absolute atomic E-state index is 6.44. The molecule has 3 nitrogen and oxygen atoms in total. The summed E-state index contributed by atoms with van der Waals surface area (Å²) in [6.07, 6.45) is 1.76. The third kappa shape index (κ3) is 2.57. The summed E-state index contributed by atoms with van der Waals surface area (Å²) in [5.41, 5.74) is 11.2. The van der Waals surface area contributed by atoms with Crippen LogP contribution in [0.25, 0.3) is 11.0 Å². The number of aromatic nitrogens is 2. The van der Waals surface area contributed by atoms with Crippen LogP contribution in [0.15, 0.2) is 48.5 Å². The van der Waals surface area contributed by atoms with Crippen LogP contribution in [0.3, 0.4) is 0 Å². The van der Waals surface area contributed by atoms with E-state index in [2.05, 4.69) is 48.9 Å². The molecule has 0 bridgehead atoms. The second kappa shape index (κ2) is 5.70. The number of imidazole rings is 1. The van der Waals surface area contributed by atoms with Crippen molar-refractivity contribution in [2.45, 2.75) is 25.8 Å². The Bertz CT molecular complexity index is 758. The molecule has 108 valence electrons. The van der Waals surface area contributed by atoms with Gasteiger partial charge in [0.25, 0.3) is 0 Å². The molecule has 0 aliphatic rings. The minimum Gasteiger partial charge on any atom is -0.331 e. The molecular formula is C18H21N3. The van der Waals surface area contributed by atoms with Gasteiger partial charge in [0, 0.05) is 19.5 Å². The molecule has 1 atom stereocenters. The first-order valence-electron chi connectivity index (χ1n) is 7.44. The average molecular weight is 279 g/mol. The monoisotopic (exact) mass is 279 g/mol. The SMILES string of the molecule is CCc1ccccc1C(N)Cc1nc2ccccc2n1C. The third-order valence-corrected chi connectivity index (χ3v) is 4.12. The fraction of sp³-hybridized carbons (Fsp3) is 0.278. The lowest BCUT2D eigenvalue weighted by Gasteiger charge is -2.15. The van der Waals surface area contributed by atoms with Crippen LogP contribution in [0, 0.1) is 0 Å². The highest BCUT2D eigenvalue weighted by molar-refractivity contribution is 5.75. The highest BCUT2D eigenvalue weighted by atomic mass is 15.1. The summed E-state index contributed by atoms with van der Waals surface area (Å²) in [4.78, 5) is 4.72. The van der Waals surface area contributed by atoms with Crippen LogP contribution in [0.5, 0.6) is 0 Å². The van der Waals surface area contributed by atoms with E-state index < -0.39 is 0 Å². The Labute approximate surface area is 125 Å². The van der Waals surface area contributed by atoms with E-state index in [4.69, 9.17) is 10.7 Å². The predicted octanol–water partition coefficient (Wildman–Crippen LogP) is 3.38. The number of para-hydroxylation sites is 2. The molecule has 0 aliphatic carbocycles. The summed E-state index contributed by atoms with van der Waals surface area (Å²) in [5.74, 6) is 1.04. The number of nitrogens with zero attached hydrogens (tertiary/aromatic N) is 2. The van der Waals surface area contributed by atoms with Crippen molar-refractivity contribution in [3.63, 3.8) is 0 Å². The molecule has 21 heavy (non-hydrogen) atoms. The van der Waals surface area contributed by atoms with Crippen LogP contribution in [-0.2, 0) is 19.9 Å². The lowest BCUT2D eigenvalue weighted by Crippen LogP contribution is -2.17. The van der Waals surface area contributed by atoms with Gasteiger partial charge in [-0.05, 0) is 29.7 Å². The molecule has 3 rings (SSSR count). The van der Waals surface area contributed by atoms with Gasteiger partial charge in [-0.25, -0.2) is 4.98 Å². The van der Waals surface area contributed by atoms with Crippen molar-refractivity contribution < 1.29 is 0 Å². The maximum Gasteiger partial charge on any atom is 0.111 e. The number of hydrogen-bond acceptors (Lipinski definition) is 2. The Morgan fingerprint density at radius 3 is 2.57 bits per heavy atom. The molecule has 0 radical (unpaired) electrons. The molecule has 1 aromatic heterocycles. The summed E-state index contributed by atoms with van der Waals surface area (Å²) in [6.45, 7) is 2.17. The summed E-state index contributed by atoms with van der Waals surface area (Å²) < 4.78 is 2.14. The first kappa shape index (κ1) is 13.8. The minimum atomic E-state index is -0.0170. The zero-order chi connectivity index (χ0) is 14.8. The molecule has 0 saturated carbocycles. The van der Waals surface area contributed by atoms with Crippen LogP contribution in [0.2, 0.25) is 0 Å². The fourth-order valence-corrected chi connectivity index (χ4v) is 2.90. The minimum absolute atomic E-state index is 0.0170. The van der Waals surface area contributed by atoms with Gasteiger partial charge in [0.15, 0.2) is 0 Å². The van der Waals surface area contributed by atoms with Gasteiger partial charge >= 0.3 is 0 Å². The average Bonchev–Trinajstić information content (AvgIpc) is 2.84. The van der Waals surface area contributed by atoms with Crippen molar-refractivity contribution >= 4 is 11.0 Å². The maximum atomic E-state index is 6.44. The van der Waals surface area contributed by atoms with Gasteiger partial charge < -0.3 is 10.3 Å². The van der Waals surface area contributed by atoms with E-state index in [1.165, 1.54) is 11.1 Å². The van der Waals surface area contributed by atoms with Crippen molar-refractivity contribution in [1.29, 1.82) is 0 Å². The highest BCUT2D eigenvalue weighted by Crippen LogP contribution is 2.22. The molecular weight excluding hydrogens is 258 g/mol. The highest BCUT2D eigenvalue weighted by Gasteiger charge is 2.14. The number of aryl methyl sites for hydroxylation is 2. The van der Waals surface area contributed by atoms with Crippen LogP contribution < -0.4 is 5.73 Å². The molecule has 1 heterocycles. The molecule has 3 aromatic rings. The van der Waals surface area contributed by atoms with Crippen LogP contribution in [0.1, 0.15) is 29.9 Å². The lowest BCUT2D eigenvalue weighted by atomic mass is 9.97. The van der Waals surface area contributed by atoms with Crippen molar-refractivity contribution in [3.05, 3.63) is 65.5 Å². The van der Waals surface area contributed by atoms with E-state index in [-0.39, 0.29) is 6.04 Å². The molecule has 0 amide bonds. The first-order chi connectivity index (χ1) is 10.2. The Kier molecular flexibility index (Phi) is 3.76. The molecule has 2 aromatic carbocycles. The third-order valence-electron chi connectivity index (χ3n) is 4.12. The standard InChI is InChI=1S/C18H21N3/c1-3-13-8-4-5-9-14(13)15(19)12-18-20-16-10-6-7-11-17(16)21(18)2/h4-11,15H,3,12,19H2,1-2H3. The molecule has 0 aliphatic heterocycles. The summed E-state index contributed by atoms with van der Waals surface area (Å²) in [5, 5.41) is 0.